The summed E-state index contributed by atoms with van der Waals surface area (Å²) in [6, 6.07) is 6.08. The Morgan fingerprint density at radius 3 is 2.54 bits per heavy atom. The lowest BCUT2D eigenvalue weighted by Gasteiger charge is -2.32. The van der Waals surface area contributed by atoms with Gasteiger partial charge in [-0.25, -0.2) is 17.1 Å². The van der Waals surface area contributed by atoms with Crippen LogP contribution in [-0.4, -0.2) is 63.0 Å². The number of benzene rings is 1. The molecule has 1 aliphatic heterocycles. The lowest BCUT2D eigenvalue weighted by atomic mass is 9.97. The number of piperidine rings is 1. The molecule has 134 valence electrons. The fraction of sp³-hybridized carbons (Fsp3) is 0.562. The van der Waals surface area contributed by atoms with Gasteiger partial charge < -0.3 is 5.32 Å². The number of rotatable bonds is 6. The number of para-hydroxylation sites is 1. The molecule has 1 aromatic rings. The summed E-state index contributed by atoms with van der Waals surface area (Å²) in [5.41, 5.74) is 0.187. The van der Waals surface area contributed by atoms with E-state index < -0.39 is 15.8 Å². The fourth-order valence-corrected chi connectivity index (χ4v) is 3.26. The van der Waals surface area contributed by atoms with Gasteiger partial charge in [-0.15, -0.1) is 0 Å². The molecule has 0 bridgehead atoms. The summed E-state index contributed by atoms with van der Waals surface area (Å²) in [6.45, 7) is 2.18. The zero-order valence-corrected chi connectivity index (χ0v) is 14.9. The van der Waals surface area contributed by atoms with Crippen molar-refractivity contribution in [1.82, 2.24) is 9.21 Å². The maximum Gasteiger partial charge on any atom is 0.238 e. The van der Waals surface area contributed by atoms with E-state index in [1.165, 1.54) is 22.7 Å². The van der Waals surface area contributed by atoms with Gasteiger partial charge in [-0.1, -0.05) is 12.1 Å². The van der Waals surface area contributed by atoms with Gasteiger partial charge in [0.15, 0.2) is 0 Å². The Morgan fingerprint density at radius 2 is 1.96 bits per heavy atom. The van der Waals surface area contributed by atoms with Crippen LogP contribution < -0.4 is 5.32 Å². The number of hydrogen-bond acceptors (Lipinski definition) is 4. The van der Waals surface area contributed by atoms with Crippen LogP contribution in [0.4, 0.5) is 10.1 Å². The van der Waals surface area contributed by atoms with Crippen molar-refractivity contribution >= 4 is 21.6 Å². The van der Waals surface area contributed by atoms with Crippen molar-refractivity contribution in [3.8, 4) is 0 Å². The molecule has 6 nitrogen and oxygen atoms in total. The van der Waals surface area contributed by atoms with Crippen LogP contribution >= 0.6 is 0 Å². The van der Waals surface area contributed by atoms with Crippen LogP contribution in [-0.2, 0) is 14.8 Å². The molecule has 0 aliphatic carbocycles. The molecule has 1 N–H and O–H groups in total. The molecule has 1 heterocycles. The summed E-state index contributed by atoms with van der Waals surface area (Å²) in [5, 5.41) is 2.58. The van der Waals surface area contributed by atoms with Crippen LogP contribution in [0.2, 0.25) is 0 Å². The largest absolute Gasteiger partial charge is 0.322 e. The summed E-state index contributed by atoms with van der Waals surface area (Å²) in [5.74, 6) is -0.393. The van der Waals surface area contributed by atoms with E-state index in [2.05, 4.69) is 5.32 Å². The van der Waals surface area contributed by atoms with Crippen LogP contribution in [0.5, 0.6) is 0 Å². The van der Waals surface area contributed by atoms with Crippen LogP contribution in [0.25, 0.3) is 0 Å². The number of carbonyl (C=O) groups excluding carboxylic acids is 1. The smallest absolute Gasteiger partial charge is 0.238 e. The lowest BCUT2D eigenvalue weighted by Crippen LogP contribution is -2.42. The Labute approximate surface area is 142 Å². The van der Waals surface area contributed by atoms with Crippen molar-refractivity contribution in [1.29, 1.82) is 0 Å². The molecule has 0 atom stereocenters. The van der Waals surface area contributed by atoms with Gasteiger partial charge in [-0.3, -0.25) is 9.69 Å². The lowest BCUT2D eigenvalue weighted by molar-refractivity contribution is -0.117. The number of halogens is 1. The molecule has 8 heteroatoms. The second-order valence-electron chi connectivity index (χ2n) is 6.29. The summed E-state index contributed by atoms with van der Waals surface area (Å²) in [6.07, 6.45) is 2.88. The van der Waals surface area contributed by atoms with Crippen molar-refractivity contribution < 1.29 is 17.6 Å². The van der Waals surface area contributed by atoms with Crippen LogP contribution in [0.1, 0.15) is 12.8 Å². The van der Waals surface area contributed by atoms with Gasteiger partial charge in [0.25, 0.3) is 0 Å². The molecule has 0 radical (unpaired) electrons. The van der Waals surface area contributed by atoms with Gasteiger partial charge in [-0.05, 0) is 44.0 Å². The average Bonchev–Trinajstić information content (AvgIpc) is 2.50. The Bertz CT molecular complexity index is 673. The number of hydrogen-bond donors (Lipinski definition) is 1. The minimum absolute atomic E-state index is 0.187. The number of nitrogens with zero attached hydrogens (tertiary/aromatic N) is 2. The number of anilines is 1. The Morgan fingerprint density at radius 1 is 1.33 bits per heavy atom. The second kappa shape index (κ2) is 8.04. The van der Waals surface area contributed by atoms with E-state index in [-0.39, 0.29) is 18.1 Å². The first-order valence-electron chi connectivity index (χ1n) is 7.94. The Hall–Kier alpha value is -1.51. The molecule has 0 aromatic heterocycles. The fourth-order valence-electron chi connectivity index (χ4n) is 2.78. The predicted octanol–water partition coefficient (Wildman–Crippen LogP) is 1.37. The van der Waals surface area contributed by atoms with E-state index in [0.29, 0.717) is 12.5 Å². The van der Waals surface area contributed by atoms with Crippen LogP contribution in [0, 0.1) is 11.7 Å². The highest BCUT2D eigenvalue weighted by molar-refractivity contribution is 7.88. The van der Waals surface area contributed by atoms with Gasteiger partial charge >= 0.3 is 0 Å². The maximum atomic E-state index is 13.5. The molecule has 1 aromatic carbocycles. The first-order valence-corrected chi connectivity index (χ1v) is 9.78. The maximum absolute atomic E-state index is 13.5. The predicted molar refractivity (Wildman–Crippen MR) is 91.7 cm³/mol. The first kappa shape index (κ1) is 18.8. The third-order valence-electron chi connectivity index (χ3n) is 4.30. The Kier molecular flexibility index (Phi) is 6.31. The summed E-state index contributed by atoms with van der Waals surface area (Å²) in [4.78, 5) is 14.0. The third-order valence-corrected chi connectivity index (χ3v) is 5.59. The minimum atomic E-state index is -3.15. The molecule has 1 amide bonds. The van der Waals surface area contributed by atoms with Crippen molar-refractivity contribution in [2.24, 2.45) is 5.92 Å². The van der Waals surface area contributed by atoms with E-state index >= 15 is 0 Å². The second-order valence-corrected chi connectivity index (χ2v) is 8.38. The van der Waals surface area contributed by atoms with Crippen molar-refractivity contribution in [3.05, 3.63) is 30.1 Å². The van der Waals surface area contributed by atoms with Gasteiger partial charge in [0, 0.05) is 13.6 Å². The first-order chi connectivity index (χ1) is 11.3. The van der Waals surface area contributed by atoms with E-state index in [1.54, 1.807) is 19.2 Å². The molecule has 1 saturated heterocycles. The molecule has 0 spiro atoms. The van der Waals surface area contributed by atoms with Crippen molar-refractivity contribution in [3.63, 3.8) is 0 Å². The molecule has 24 heavy (non-hydrogen) atoms. The van der Waals surface area contributed by atoms with Crippen LogP contribution in [0.3, 0.4) is 0 Å². The zero-order valence-electron chi connectivity index (χ0n) is 14.0. The third kappa shape index (κ3) is 5.54. The Balaban J connectivity index is 1.77. The highest BCUT2D eigenvalue weighted by Crippen LogP contribution is 2.19. The summed E-state index contributed by atoms with van der Waals surface area (Å²) in [7, 11) is -1.57. The standard InChI is InChI=1S/C16H24FN3O3S/c1-19(24(2,22)23)11-13-7-9-20(10-8-13)12-16(21)18-15-6-4-3-5-14(15)17/h3-6,13H,7-12H2,1-2H3,(H,18,21). The zero-order chi connectivity index (χ0) is 17.7. The van der Waals surface area contributed by atoms with Crippen molar-refractivity contribution in [2.45, 2.75) is 12.8 Å². The summed E-state index contributed by atoms with van der Waals surface area (Å²) >= 11 is 0. The van der Waals surface area contributed by atoms with Crippen molar-refractivity contribution in [2.75, 3.05) is 44.8 Å². The molecule has 0 saturated carbocycles. The van der Waals surface area contributed by atoms with E-state index in [9.17, 15) is 17.6 Å². The number of amides is 1. The summed E-state index contributed by atoms with van der Waals surface area (Å²) < 4.78 is 37.8. The van der Waals surface area contributed by atoms with E-state index in [0.717, 1.165) is 25.9 Å². The van der Waals surface area contributed by atoms with Gasteiger partial charge in [0.1, 0.15) is 5.82 Å². The SMILES string of the molecule is CN(CC1CCN(CC(=O)Nc2ccccc2F)CC1)S(C)(=O)=O. The molecular weight excluding hydrogens is 333 g/mol. The quantitative estimate of drug-likeness (QED) is 0.835. The highest BCUT2D eigenvalue weighted by Gasteiger charge is 2.24. The number of carbonyl (C=O) groups is 1. The minimum Gasteiger partial charge on any atom is -0.322 e. The number of likely N-dealkylation sites (tertiary alicyclic amines) is 1. The normalized spacial score (nSPS) is 17.2. The molecule has 0 unspecified atom stereocenters. The number of nitrogens with one attached hydrogen (secondary N) is 1. The van der Waals surface area contributed by atoms with Crippen LogP contribution in [0.15, 0.2) is 24.3 Å². The molecular formula is C16H24FN3O3S. The van der Waals surface area contributed by atoms with E-state index in [4.69, 9.17) is 0 Å². The average molecular weight is 357 g/mol. The molecule has 2 rings (SSSR count). The van der Waals surface area contributed by atoms with E-state index in [1.807, 2.05) is 4.90 Å². The number of sulfonamides is 1. The van der Waals surface area contributed by atoms with Gasteiger partial charge in [0.05, 0.1) is 18.5 Å². The van der Waals surface area contributed by atoms with Gasteiger partial charge in [-0.2, -0.15) is 0 Å². The molecule has 1 fully saturated rings. The monoisotopic (exact) mass is 357 g/mol. The molecule has 1 aliphatic rings. The highest BCUT2D eigenvalue weighted by atomic mass is 32.2. The topological polar surface area (TPSA) is 69.7 Å². The van der Waals surface area contributed by atoms with Gasteiger partial charge in [0.2, 0.25) is 15.9 Å².